The Morgan fingerprint density at radius 1 is 1.69 bits per heavy atom. The number of carbonyl (C=O) groups excluding carboxylic acids is 1. The van der Waals surface area contributed by atoms with Gasteiger partial charge in [0, 0.05) is 11.9 Å². The molecule has 1 saturated heterocycles. The van der Waals surface area contributed by atoms with Crippen molar-refractivity contribution in [3.05, 3.63) is 22.4 Å². The predicted molar refractivity (Wildman–Crippen MR) is 52.4 cm³/mol. The summed E-state index contributed by atoms with van der Waals surface area (Å²) in [5.41, 5.74) is 5.51. The fourth-order valence-electron chi connectivity index (χ4n) is 1.71. The molecule has 70 valence electrons. The Morgan fingerprint density at radius 2 is 2.38 bits per heavy atom. The van der Waals surface area contributed by atoms with Crippen molar-refractivity contribution in [1.82, 2.24) is 4.90 Å². The first-order valence-electron chi connectivity index (χ1n) is 4.15. The van der Waals surface area contributed by atoms with Crippen molar-refractivity contribution in [3.8, 4) is 0 Å². The first kappa shape index (κ1) is 8.72. The van der Waals surface area contributed by atoms with Gasteiger partial charge in [0.05, 0.1) is 5.54 Å². The lowest BCUT2D eigenvalue weighted by Gasteiger charge is -2.52. The van der Waals surface area contributed by atoms with Crippen LogP contribution < -0.4 is 5.73 Å². The molecular formula is C9H12N2OS. The van der Waals surface area contributed by atoms with E-state index in [2.05, 4.69) is 0 Å². The van der Waals surface area contributed by atoms with Crippen LogP contribution in [0.3, 0.4) is 0 Å². The van der Waals surface area contributed by atoms with E-state index in [1.165, 1.54) is 0 Å². The maximum Gasteiger partial charge on any atom is 0.242 e. The lowest BCUT2D eigenvalue weighted by molar-refractivity contribution is -0.156. The smallest absolute Gasteiger partial charge is 0.242 e. The Morgan fingerprint density at radius 3 is 2.85 bits per heavy atom. The van der Waals surface area contributed by atoms with E-state index in [-0.39, 0.29) is 17.5 Å². The zero-order valence-corrected chi connectivity index (χ0v) is 8.47. The van der Waals surface area contributed by atoms with Gasteiger partial charge >= 0.3 is 0 Å². The van der Waals surface area contributed by atoms with Crippen molar-refractivity contribution < 1.29 is 4.79 Å². The molecule has 1 aromatic heterocycles. The molecule has 3 nitrogen and oxygen atoms in total. The van der Waals surface area contributed by atoms with Crippen molar-refractivity contribution in [2.24, 2.45) is 5.73 Å². The maximum absolute atomic E-state index is 11.3. The average molecular weight is 196 g/mol. The summed E-state index contributed by atoms with van der Waals surface area (Å²) in [7, 11) is 1.80. The second-order valence-electron chi connectivity index (χ2n) is 3.50. The van der Waals surface area contributed by atoms with Gasteiger partial charge in [0.2, 0.25) is 5.91 Å². The van der Waals surface area contributed by atoms with Gasteiger partial charge in [-0.2, -0.15) is 0 Å². The van der Waals surface area contributed by atoms with Crippen LogP contribution in [0.2, 0.25) is 0 Å². The number of carbonyl (C=O) groups is 1. The highest BCUT2D eigenvalue weighted by Crippen LogP contribution is 2.40. The quantitative estimate of drug-likeness (QED) is 0.674. The fraction of sp³-hybridized carbons (Fsp3) is 0.444. The molecular weight excluding hydrogens is 184 g/mol. The van der Waals surface area contributed by atoms with Crippen LogP contribution in [0.1, 0.15) is 11.8 Å². The number of hydrogen-bond acceptors (Lipinski definition) is 3. The number of rotatable bonds is 1. The highest BCUT2D eigenvalue weighted by atomic mass is 32.1. The van der Waals surface area contributed by atoms with E-state index in [1.54, 1.807) is 23.3 Å². The molecule has 13 heavy (non-hydrogen) atoms. The minimum atomic E-state index is -0.379. The minimum absolute atomic E-state index is 0.0240. The van der Waals surface area contributed by atoms with E-state index in [4.69, 9.17) is 5.73 Å². The molecule has 1 aliphatic rings. The van der Waals surface area contributed by atoms with Crippen LogP contribution in [0.5, 0.6) is 0 Å². The number of thiophene rings is 1. The van der Waals surface area contributed by atoms with Crippen LogP contribution in [0, 0.1) is 0 Å². The summed E-state index contributed by atoms with van der Waals surface area (Å²) in [5.74, 6) is 0.0240. The Labute approximate surface area is 81.2 Å². The van der Waals surface area contributed by atoms with Crippen LogP contribution in [0.4, 0.5) is 0 Å². The van der Waals surface area contributed by atoms with E-state index in [9.17, 15) is 4.79 Å². The third-order valence-corrected chi connectivity index (χ3v) is 4.02. The molecule has 2 N–H and O–H groups in total. The van der Waals surface area contributed by atoms with Gasteiger partial charge in [-0.1, -0.05) is 6.07 Å². The number of likely N-dealkylation sites (N-methyl/N-ethyl adjacent to an activating group) is 1. The van der Waals surface area contributed by atoms with Crippen LogP contribution >= 0.6 is 11.3 Å². The number of likely N-dealkylation sites (tertiary alicyclic amines) is 1. The van der Waals surface area contributed by atoms with Gasteiger partial charge in [0.15, 0.2) is 0 Å². The van der Waals surface area contributed by atoms with Gasteiger partial charge in [-0.05, 0) is 18.4 Å². The standard InChI is InChI=1S/C9H12N2OS/c1-9(6-4-3-5-13-6)7(10)8(12)11(9)2/h3-5,7H,10H2,1-2H3/t7-,9-/m1/s1. The number of β-lactam (4-membered cyclic amide) rings is 1. The van der Waals surface area contributed by atoms with Gasteiger partial charge in [-0.25, -0.2) is 0 Å². The predicted octanol–water partition coefficient (Wildman–Crippen LogP) is 0.763. The highest BCUT2D eigenvalue weighted by Gasteiger charge is 2.54. The highest BCUT2D eigenvalue weighted by molar-refractivity contribution is 7.10. The zero-order chi connectivity index (χ0) is 9.64. The van der Waals surface area contributed by atoms with Crippen LogP contribution in [0.15, 0.2) is 17.5 Å². The van der Waals surface area contributed by atoms with Crippen LogP contribution in [-0.2, 0) is 10.3 Å². The third-order valence-electron chi connectivity index (χ3n) is 2.92. The van der Waals surface area contributed by atoms with Crippen molar-refractivity contribution in [1.29, 1.82) is 0 Å². The average Bonchev–Trinajstić information content (AvgIpc) is 2.67. The summed E-state index contributed by atoms with van der Waals surface area (Å²) in [6.45, 7) is 2.00. The number of hydrogen-bond donors (Lipinski definition) is 1. The minimum Gasteiger partial charge on any atom is -0.332 e. The first-order chi connectivity index (χ1) is 6.08. The monoisotopic (exact) mass is 196 g/mol. The summed E-state index contributed by atoms with van der Waals surface area (Å²) in [4.78, 5) is 14.1. The second-order valence-corrected chi connectivity index (χ2v) is 4.45. The molecule has 0 saturated carbocycles. The largest absolute Gasteiger partial charge is 0.332 e. The van der Waals surface area contributed by atoms with Gasteiger partial charge in [-0.15, -0.1) is 11.3 Å². The van der Waals surface area contributed by atoms with Crippen LogP contribution in [0.25, 0.3) is 0 Å². The Hall–Kier alpha value is -0.870. The molecule has 0 bridgehead atoms. The van der Waals surface area contributed by atoms with Crippen molar-refractivity contribution in [3.63, 3.8) is 0 Å². The summed E-state index contributed by atoms with van der Waals surface area (Å²) < 4.78 is 0. The van der Waals surface area contributed by atoms with E-state index < -0.39 is 0 Å². The van der Waals surface area contributed by atoms with Crippen molar-refractivity contribution in [2.45, 2.75) is 18.5 Å². The molecule has 2 heterocycles. The Balaban J connectivity index is 2.38. The molecule has 2 rings (SSSR count). The molecule has 1 fully saturated rings. The van der Waals surface area contributed by atoms with Gasteiger partial charge in [0.1, 0.15) is 6.04 Å². The fourth-order valence-corrected chi connectivity index (χ4v) is 2.67. The topological polar surface area (TPSA) is 46.3 Å². The normalized spacial score (nSPS) is 33.3. The maximum atomic E-state index is 11.3. The summed E-state index contributed by atoms with van der Waals surface area (Å²) in [6.07, 6.45) is 0. The SMILES string of the molecule is CN1C(=O)[C@@H](N)[C@@]1(C)c1cccs1. The molecule has 2 atom stereocenters. The number of nitrogens with two attached hydrogens (primary N) is 1. The van der Waals surface area contributed by atoms with Crippen molar-refractivity contribution in [2.75, 3.05) is 7.05 Å². The molecule has 1 aliphatic heterocycles. The van der Waals surface area contributed by atoms with Crippen LogP contribution in [-0.4, -0.2) is 23.9 Å². The molecule has 1 amide bonds. The van der Waals surface area contributed by atoms with Crippen molar-refractivity contribution >= 4 is 17.2 Å². The van der Waals surface area contributed by atoms with Gasteiger partial charge < -0.3 is 10.6 Å². The molecule has 0 spiro atoms. The van der Waals surface area contributed by atoms with Gasteiger partial charge in [-0.3, -0.25) is 4.79 Å². The summed E-state index contributed by atoms with van der Waals surface area (Å²) in [6, 6.07) is 3.62. The first-order valence-corrected chi connectivity index (χ1v) is 5.03. The Kier molecular flexibility index (Phi) is 1.72. The molecule has 0 radical (unpaired) electrons. The lowest BCUT2D eigenvalue weighted by atomic mass is 9.80. The number of nitrogens with zero attached hydrogens (tertiary/aromatic N) is 1. The lowest BCUT2D eigenvalue weighted by Crippen LogP contribution is -2.72. The Bertz CT molecular complexity index is 321. The van der Waals surface area contributed by atoms with E-state index >= 15 is 0 Å². The van der Waals surface area contributed by atoms with E-state index in [0.717, 1.165) is 4.88 Å². The second kappa shape index (κ2) is 2.56. The third kappa shape index (κ3) is 0.899. The molecule has 0 aromatic carbocycles. The molecule has 1 aromatic rings. The van der Waals surface area contributed by atoms with E-state index in [1.807, 2.05) is 24.4 Å². The van der Waals surface area contributed by atoms with E-state index in [0.29, 0.717) is 0 Å². The zero-order valence-electron chi connectivity index (χ0n) is 7.65. The molecule has 0 aliphatic carbocycles. The molecule has 4 heteroatoms. The summed E-state index contributed by atoms with van der Waals surface area (Å²) in [5, 5.41) is 2.00. The molecule has 0 unspecified atom stereocenters. The summed E-state index contributed by atoms with van der Waals surface area (Å²) >= 11 is 1.64. The number of amides is 1. The van der Waals surface area contributed by atoms with Gasteiger partial charge in [0.25, 0.3) is 0 Å².